The SMILES string of the molecule is O=c1c2ccccc2c2cc(-c3cccc4ccccc34)cc3c2n1-c1ccc(-c2cccc4ccccc24)cc1C3. The first-order chi connectivity index (χ1) is 20.7. The van der Waals surface area contributed by atoms with Gasteiger partial charge in [0.15, 0.2) is 0 Å². The summed E-state index contributed by atoms with van der Waals surface area (Å²) in [6.07, 6.45) is 0.765. The maximum Gasteiger partial charge on any atom is 0.263 e. The van der Waals surface area contributed by atoms with Crippen molar-refractivity contribution in [2.45, 2.75) is 6.42 Å². The fraction of sp³-hybridized carbons (Fsp3) is 0.0250. The Morgan fingerprint density at radius 1 is 0.452 bits per heavy atom. The number of rotatable bonds is 2. The van der Waals surface area contributed by atoms with Crippen LogP contribution in [0.5, 0.6) is 0 Å². The van der Waals surface area contributed by atoms with Gasteiger partial charge in [-0.3, -0.25) is 9.36 Å². The van der Waals surface area contributed by atoms with Crippen LogP contribution in [0.25, 0.3) is 71.2 Å². The van der Waals surface area contributed by atoms with Crippen molar-refractivity contribution in [1.29, 1.82) is 0 Å². The molecule has 0 saturated carbocycles. The number of hydrogen-bond acceptors (Lipinski definition) is 1. The quantitative estimate of drug-likeness (QED) is 0.202. The minimum atomic E-state index is 0.0381. The predicted octanol–water partition coefficient (Wildman–Crippen LogP) is 9.69. The van der Waals surface area contributed by atoms with Gasteiger partial charge >= 0.3 is 0 Å². The average molecular weight is 536 g/mol. The molecule has 0 fully saturated rings. The lowest BCUT2D eigenvalue weighted by atomic mass is 9.88. The van der Waals surface area contributed by atoms with Gasteiger partial charge in [-0.2, -0.15) is 0 Å². The Bertz CT molecular complexity index is 2450. The summed E-state index contributed by atoms with van der Waals surface area (Å²) in [5.41, 5.74) is 9.16. The van der Waals surface area contributed by atoms with Crippen LogP contribution in [-0.2, 0) is 6.42 Å². The monoisotopic (exact) mass is 535 g/mol. The molecule has 1 aliphatic heterocycles. The maximum atomic E-state index is 14.1. The molecular formula is C40H25NO. The van der Waals surface area contributed by atoms with E-state index in [2.05, 4.69) is 121 Å². The van der Waals surface area contributed by atoms with Crippen LogP contribution < -0.4 is 5.56 Å². The summed E-state index contributed by atoms with van der Waals surface area (Å²) in [5, 5.41) is 7.80. The molecule has 196 valence electrons. The van der Waals surface area contributed by atoms with E-state index in [1.807, 2.05) is 22.8 Å². The number of nitrogens with zero attached hydrogens (tertiary/aromatic N) is 1. The first-order valence-corrected chi connectivity index (χ1v) is 14.4. The number of fused-ring (bicyclic) bond motifs is 6. The van der Waals surface area contributed by atoms with E-state index < -0.39 is 0 Å². The summed E-state index contributed by atoms with van der Waals surface area (Å²) >= 11 is 0. The van der Waals surface area contributed by atoms with Gasteiger partial charge in [0.2, 0.25) is 0 Å². The van der Waals surface area contributed by atoms with Crippen LogP contribution in [0, 0.1) is 0 Å². The van der Waals surface area contributed by atoms with Gasteiger partial charge in [0, 0.05) is 17.2 Å². The van der Waals surface area contributed by atoms with Crippen LogP contribution >= 0.6 is 0 Å². The van der Waals surface area contributed by atoms with Crippen LogP contribution in [0.1, 0.15) is 11.1 Å². The lowest BCUT2D eigenvalue weighted by molar-refractivity contribution is 0.978. The molecule has 0 unspecified atom stereocenters. The van der Waals surface area contributed by atoms with Gasteiger partial charge in [-0.1, -0.05) is 109 Å². The molecule has 0 aliphatic carbocycles. The van der Waals surface area contributed by atoms with Crippen LogP contribution in [0.3, 0.4) is 0 Å². The van der Waals surface area contributed by atoms with E-state index in [9.17, 15) is 4.79 Å². The number of benzene rings is 7. The van der Waals surface area contributed by atoms with E-state index in [0.717, 1.165) is 33.8 Å². The summed E-state index contributed by atoms with van der Waals surface area (Å²) in [4.78, 5) is 14.1. The number of pyridine rings is 1. The second kappa shape index (κ2) is 8.76. The Kier molecular flexibility index (Phi) is 4.85. The molecule has 0 amide bonds. The van der Waals surface area contributed by atoms with Crippen molar-refractivity contribution in [1.82, 2.24) is 4.57 Å². The molecule has 0 spiro atoms. The Balaban J connectivity index is 1.35. The Morgan fingerprint density at radius 2 is 1.02 bits per heavy atom. The average Bonchev–Trinajstić information content (AvgIpc) is 3.05. The van der Waals surface area contributed by atoms with E-state index in [1.165, 1.54) is 54.9 Å². The van der Waals surface area contributed by atoms with Crippen molar-refractivity contribution in [2.75, 3.05) is 0 Å². The summed E-state index contributed by atoms with van der Waals surface area (Å²) in [7, 11) is 0. The fourth-order valence-electron chi connectivity index (χ4n) is 7.08. The number of hydrogen-bond donors (Lipinski definition) is 0. The number of aromatic nitrogens is 1. The lowest BCUT2D eigenvalue weighted by Crippen LogP contribution is -2.24. The normalized spacial score (nSPS) is 12.3. The summed E-state index contributed by atoms with van der Waals surface area (Å²) < 4.78 is 1.96. The standard InChI is InChI=1S/C40H25NO/c42-40-36-16-6-5-15-35(36)37-24-28(34-18-8-12-26-10-2-4-14-32(26)34)22-30-23-29-21-27(19-20-38(29)41(40)39(30)37)33-17-7-11-25-9-1-3-13-31(25)33/h1-22,24H,23H2. The van der Waals surface area contributed by atoms with Crippen LogP contribution in [-0.4, -0.2) is 4.57 Å². The van der Waals surface area contributed by atoms with Gasteiger partial charge < -0.3 is 0 Å². The topological polar surface area (TPSA) is 22.0 Å². The summed E-state index contributed by atoms with van der Waals surface area (Å²) in [6.45, 7) is 0. The third kappa shape index (κ3) is 3.30. The first kappa shape index (κ1) is 23.3. The van der Waals surface area contributed by atoms with Crippen LogP contribution in [0.15, 0.2) is 144 Å². The zero-order chi connectivity index (χ0) is 27.8. The van der Waals surface area contributed by atoms with E-state index in [4.69, 9.17) is 0 Å². The molecule has 1 aromatic heterocycles. The second-order valence-electron chi connectivity index (χ2n) is 11.3. The molecule has 0 atom stereocenters. The van der Waals surface area contributed by atoms with Crippen molar-refractivity contribution >= 4 is 43.2 Å². The molecule has 0 bridgehead atoms. The second-order valence-corrected chi connectivity index (χ2v) is 11.3. The highest BCUT2D eigenvalue weighted by Gasteiger charge is 2.24. The van der Waals surface area contributed by atoms with Gasteiger partial charge in [-0.15, -0.1) is 0 Å². The first-order valence-electron chi connectivity index (χ1n) is 14.4. The Hall–Kier alpha value is -5.47. The molecular weight excluding hydrogens is 510 g/mol. The third-order valence-corrected chi connectivity index (χ3v) is 8.97. The molecule has 2 nitrogen and oxygen atoms in total. The summed E-state index contributed by atoms with van der Waals surface area (Å²) in [6, 6.07) is 49.3. The van der Waals surface area contributed by atoms with E-state index >= 15 is 0 Å². The van der Waals surface area contributed by atoms with Crippen LogP contribution in [0.2, 0.25) is 0 Å². The van der Waals surface area contributed by atoms with Gasteiger partial charge in [0.1, 0.15) is 0 Å². The largest absolute Gasteiger partial charge is 0.276 e. The fourth-order valence-corrected chi connectivity index (χ4v) is 7.08. The maximum absolute atomic E-state index is 14.1. The molecule has 0 saturated heterocycles. The highest BCUT2D eigenvalue weighted by Crippen LogP contribution is 2.40. The van der Waals surface area contributed by atoms with Crippen molar-refractivity contribution < 1.29 is 0 Å². The molecule has 8 aromatic rings. The minimum absolute atomic E-state index is 0.0381. The molecule has 9 rings (SSSR count). The van der Waals surface area contributed by atoms with Gasteiger partial charge in [0.05, 0.1) is 11.2 Å². The zero-order valence-corrected chi connectivity index (χ0v) is 22.8. The molecule has 0 N–H and O–H groups in total. The van der Waals surface area contributed by atoms with Crippen molar-refractivity contribution in [2.24, 2.45) is 0 Å². The molecule has 0 radical (unpaired) electrons. The highest BCUT2D eigenvalue weighted by atomic mass is 16.1. The Morgan fingerprint density at radius 3 is 1.74 bits per heavy atom. The van der Waals surface area contributed by atoms with Crippen LogP contribution in [0.4, 0.5) is 0 Å². The van der Waals surface area contributed by atoms with Crippen molar-refractivity contribution in [3.63, 3.8) is 0 Å². The highest BCUT2D eigenvalue weighted by molar-refractivity contribution is 6.10. The van der Waals surface area contributed by atoms with E-state index in [1.54, 1.807) is 0 Å². The third-order valence-electron chi connectivity index (χ3n) is 8.97. The van der Waals surface area contributed by atoms with Gasteiger partial charge in [0.25, 0.3) is 5.56 Å². The van der Waals surface area contributed by atoms with Gasteiger partial charge in [-0.25, -0.2) is 0 Å². The van der Waals surface area contributed by atoms with E-state index in [0.29, 0.717) is 0 Å². The predicted molar refractivity (Wildman–Crippen MR) is 176 cm³/mol. The van der Waals surface area contributed by atoms with E-state index in [-0.39, 0.29) is 5.56 Å². The van der Waals surface area contributed by atoms with Gasteiger partial charge in [-0.05, 0) is 90.6 Å². The molecule has 2 heteroatoms. The molecule has 7 aromatic carbocycles. The minimum Gasteiger partial charge on any atom is -0.276 e. The zero-order valence-electron chi connectivity index (χ0n) is 22.8. The Labute approximate surface area is 242 Å². The molecule has 1 aliphatic rings. The van der Waals surface area contributed by atoms with Crippen molar-refractivity contribution in [3.05, 3.63) is 161 Å². The smallest absolute Gasteiger partial charge is 0.263 e. The van der Waals surface area contributed by atoms with Crippen molar-refractivity contribution in [3.8, 4) is 27.9 Å². The summed E-state index contributed by atoms with van der Waals surface area (Å²) in [5.74, 6) is 0. The molecule has 42 heavy (non-hydrogen) atoms. The lowest BCUT2D eigenvalue weighted by Gasteiger charge is -2.25. The molecule has 2 heterocycles.